The molecule has 0 saturated carbocycles. The number of esters is 1. The third kappa shape index (κ3) is 3.56. The fraction of sp³-hybridized carbons (Fsp3) is 0.312. The molecule has 3 aromatic rings. The summed E-state index contributed by atoms with van der Waals surface area (Å²) in [6.45, 7) is 14.8. The molecule has 39 heavy (non-hydrogen) atoms. The molecule has 8 bridgehead atoms. The highest BCUT2D eigenvalue weighted by atomic mass is 16.5. The van der Waals surface area contributed by atoms with Gasteiger partial charge in [-0.3, -0.25) is 9.59 Å². The Kier molecular flexibility index (Phi) is 5.72. The van der Waals surface area contributed by atoms with Gasteiger partial charge in [-0.25, -0.2) is 0 Å². The van der Waals surface area contributed by atoms with Crippen LogP contribution >= 0.6 is 0 Å². The Morgan fingerprint density at radius 3 is 2.49 bits per heavy atom. The van der Waals surface area contributed by atoms with Crippen LogP contribution in [0.3, 0.4) is 0 Å². The van der Waals surface area contributed by atoms with Crippen molar-refractivity contribution in [2.24, 2.45) is 17.8 Å². The van der Waals surface area contributed by atoms with Crippen LogP contribution in [-0.2, 0) is 16.0 Å². The summed E-state index contributed by atoms with van der Waals surface area (Å²) in [4.78, 5) is 37.3. The molecule has 7 heteroatoms. The number of rotatable bonds is 3. The zero-order valence-corrected chi connectivity index (χ0v) is 23.3. The van der Waals surface area contributed by atoms with Crippen LogP contribution in [0.1, 0.15) is 76.2 Å². The van der Waals surface area contributed by atoms with Gasteiger partial charge in [0, 0.05) is 67.7 Å². The molecule has 200 valence electrons. The second kappa shape index (κ2) is 8.90. The number of H-pyrrole nitrogens is 3. The van der Waals surface area contributed by atoms with E-state index in [0.717, 1.165) is 56.7 Å². The number of Topliss-reactive ketones (excluding diaryl/α,β-unsaturated/α-hetero) is 1. The van der Waals surface area contributed by atoms with E-state index in [-0.39, 0.29) is 17.6 Å². The number of ketones is 1. The zero-order valence-electron chi connectivity index (χ0n) is 23.3. The Hall–Kier alpha value is -4.26. The summed E-state index contributed by atoms with van der Waals surface area (Å²) in [7, 11) is 1.33. The summed E-state index contributed by atoms with van der Waals surface area (Å²) in [6.07, 6.45) is 9.10. The number of methoxy groups -OCH3 is 1. The van der Waals surface area contributed by atoms with Crippen LogP contribution in [0.15, 0.2) is 24.0 Å². The number of nitrogens with one attached hydrogen (secondary N) is 4. The molecule has 2 aliphatic heterocycles. The molecule has 0 unspecified atom stereocenters. The zero-order chi connectivity index (χ0) is 27.7. The van der Waals surface area contributed by atoms with Gasteiger partial charge in [-0.2, -0.15) is 0 Å². The van der Waals surface area contributed by atoms with E-state index in [4.69, 9.17) is 4.74 Å². The molecule has 0 spiro atoms. The summed E-state index contributed by atoms with van der Waals surface area (Å²) >= 11 is 0. The Bertz CT molecular complexity index is 1770. The molecule has 5 heterocycles. The number of aromatic nitrogens is 3. The first kappa shape index (κ1) is 25.0. The van der Waals surface area contributed by atoms with Gasteiger partial charge in [0.1, 0.15) is 5.92 Å². The monoisotopic (exact) mass is 522 g/mol. The summed E-state index contributed by atoms with van der Waals surface area (Å²) < 4.78 is 5.11. The van der Waals surface area contributed by atoms with E-state index in [1.807, 2.05) is 12.1 Å². The quantitative estimate of drug-likeness (QED) is 0.308. The first-order valence-corrected chi connectivity index (χ1v) is 13.5. The Balaban J connectivity index is 1.72. The molecular formula is C32H34N4O3. The van der Waals surface area contributed by atoms with Crippen molar-refractivity contribution in [2.75, 3.05) is 7.11 Å². The molecule has 1 fully saturated rings. The van der Waals surface area contributed by atoms with E-state index in [0.29, 0.717) is 16.8 Å². The molecule has 7 nitrogen and oxygen atoms in total. The largest absolute Gasteiger partial charge is 0.468 e. The smallest absolute Gasteiger partial charge is 0.321 e. The van der Waals surface area contributed by atoms with Crippen molar-refractivity contribution >= 4 is 41.6 Å². The van der Waals surface area contributed by atoms with E-state index in [1.54, 1.807) is 0 Å². The minimum Gasteiger partial charge on any atom is -0.468 e. The van der Waals surface area contributed by atoms with Gasteiger partial charge in [0.25, 0.3) is 0 Å². The number of fused-ring (bicyclic) bond motifs is 7. The van der Waals surface area contributed by atoms with Crippen LogP contribution in [0.5, 0.6) is 0 Å². The minimum atomic E-state index is -0.994. The fourth-order valence-corrected chi connectivity index (χ4v) is 6.44. The number of allylic oxidation sites excluding steroid dienone is 2. The highest BCUT2D eigenvalue weighted by Crippen LogP contribution is 2.45. The van der Waals surface area contributed by atoms with Crippen molar-refractivity contribution in [1.82, 2.24) is 20.3 Å². The van der Waals surface area contributed by atoms with E-state index in [1.165, 1.54) is 18.2 Å². The van der Waals surface area contributed by atoms with Gasteiger partial charge in [-0.1, -0.05) is 33.4 Å². The van der Waals surface area contributed by atoms with Gasteiger partial charge in [-0.15, -0.1) is 0 Å². The third-order valence-electron chi connectivity index (χ3n) is 8.89. The molecule has 0 aromatic carbocycles. The highest BCUT2D eigenvalue weighted by molar-refractivity contribution is 6.23. The van der Waals surface area contributed by atoms with Gasteiger partial charge in [-0.05, 0) is 61.3 Å². The van der Waals surface area contributed by atoms with Crippen molar-refractivity contribution in [3.8, 4) is 0 Å². The third-order valence-corrected chi connectivity index (χ3v) is 8.89. The van der Waals surface area contributed by atoms with Crippen LogP contribution in [0.2, 0.25) is 0 Å². The molecule has 4 N–H and O–H groups in total. The van der Waals surface area contributed by atoms with E-state index < -0.39 is 11.9 Å². The Morgan fingerprint density at radius 1 is 1.03 bits per heavy atom. The molecule has 3 atom stereocenters. The second-order valence-corrected chi connectivity index (χ2v) is 10.9. The first-order valence-electron chi connectivity index (χ1n) is 13.5. The van der Waals surface area contributed by atoms with E-state index in [9.17, 15) is 9.59 Å². The number of carbonyl (C=O) groups excluding carboxylic acids is 2. The molecule has 1 aliphatic carbocycles. The maximum absolute atomic E-state index is 13.6. The van der Waals surface area contributed by atoms with Crippen molar-refractivity contribution in [3.05, 3.63) is 85.3 Å². The predicted octanol–water partition coefficient (Wildman–Crippen LogP) is 4.08. The lowest BCUT2D eigenvalue weighted by Crippen LogP contribution is -2.24. The normalized spacial score (nSPS) is 26.3. The maximum Gasteiger partial charge on any atom is 0.321 e. The van der Waals surface area contributed by atoms with Gasteiger partial charge in [0.15, 0.2) is 5.78 Å². The first-order chi connectivity index (χ1) is 18.7. The molecular weight excluding hydrogens is 488 g/mol. The highest BCUT2D eigenvalue weighted by Gasteiger charge is 2.46. The molecule has 6 rings (SSSR count). The Morgan fingerprint density at radius 2 is 1.79 bits per heavy atom. The lowest BCUT2D eigenvalue weighted by atomic mass is 9.89. The van der Waals surface area contributed by atoms with Crippen molar-refractivity contribution in [3.63, 3.8) is 0 Å². The minimum absolute atomic E-state index is 0.0589. The summed E-state index contributed by atoms with van der Waals surface area (Å²) in [5, 5.41) is 5.63. The lowest BCUT2D eigenvalue weighted by Gasteiger charge is -2.16. The topological polar surface area (TPSA) is 103 Å². The van der Waals surface area contributed by atoms with Crippen molar-refractivity contribution in [2.45, 2.75) is 41.0 Å². The van der Waals surface area contributed by atoms with Crippen molar-refractivity contribution < 1.29 is 14.3 Å². The summed E-state index contributed by atoms with van der Waals surface area (Å²) in [5.74, 6) is -1.57. The van der Waals surface area contributed by atoms with Crippen LogP contribution in [0.4, 0.5) is 0 Å². The molecule has 0 amide bonds. The molecule has 3 aromatic heterocycles. The van der Waals surface area contributed by atoms with Gasteiger partial charge >= 0.3 is 5.97 Å². The van der Waals surface area contributed by atoms with Crippen LogP contribution in [0, 0.1) is 31.6 Å². The second-order valence-electron chi connectivity index (χ2n) is 10.9. The molecule has 1 saturated heterocycles. The van der Waals surface area contributed by atoms with Gasteiger partial charge < -0.3 is 25.0 Å². The van der Waals surface area contributed by atoms with Gasteiger partial charge in [0.05, 0.1) is 12.8 Å². The average molecular weight is 523 g/mol. The SMILES string of the molecule is C=Cc1c2[nH]c(c1C)/C=C1\N/C(=C3\c4[nH]c(cc4C(=O)[C@@H]3C(=O)OC)/C=c3\[nH]/c(c(C)c3CC)=C\2)[C@@H](C)[C@@H]1C. The van der Waals surface area contributed by atoms with Crippen LogP contribution in [0.25, 0.3) is 29.9 Å². The van der Waals surface area contributed by atoms with Crippen molar-refractivity contribution in [1.29, 1.82) is 0 Å². The summed E-state index contributed by atoms with van der Waals surface area (Å²) in [6, 6.07) is 1.86. The number of hydrogen-bond donors (Lipinski definition) is 4. The Labute approximate surface area is 227 Å². The molecule has 0 radical (unpaired) electrons. The number of hydrogen-bond acceptors (Lipinski definition) is 4. The number of aromatic amines is 3. The van der Waals surface area contributed by atoms with Crippen LogP contribution in [-0.4, -0.2) is 33.8 Å². The average Bonchev–Trinajstić information content (AvgIpc) is 3.67. The standard InChI is InChI=1S/C32H34N4O3/c1-8-19-16(5)24-13-26-20(9-2)17(6)23(35-26)12-22-14(3)15(4)29(36-22)27-28(32(38)39-7)31(37)21-10-18(33-30(21)27)11-25(19)34-24/h9-15,28,33-36H,2,8H2,1,3-7H3/b22-12-,24-13-,25-11-,29-27-/t14-,15-,28+/m0/s1. The lowest BCUT2D eigenvalue weighted by molar-refractivity contribution is -0.141. The number of ether oxygens (including phenoxy) is 1. The maximum atomic E-state index is 13.6. The number of carbonyl (C=O) groups is 2. The van der Waals surface area contributed by atoms with Crippen LogP contribution < -0.4 is 16.0 Å². The fourth-order valence-electron chi connectivity index (χ4n) is 6.44. The predicted molar refractivity (Wildman–Crippen MR) is 154 cm³/mol. The van der Waals surface area contributed by atoms with E-state index >= 15 is 0 Å². The molecule has 3 aliphatic rings. The summed E-state index contributed by atoms with van der Waals surface area (Å²) in [5.41, 5.74) is 11.2. The van der Waals surface area contributed by atoms with Gasteiger partial charge in [0.2, 0.25) is 0 Å². The van der Waals surface area contributed by atoms with E-state index in [2.05, 4.69) is 79.7 Å².